The van der Waals surface area contributed by atoms with Crippen LogP contribution < -0.4 is 4.72 Å². The number of aryl methyl sites for hydroxylation is 3. The maximum atomic E-state index is 13.0. The van der Waals surface area contributed by atoms with Gasteiger partial charge in [-0.3, -0.25) is 9.40 Å². The molecular formula is C20H20Cl3N3O2S. The van der Waals surface area contributed by atoms with Gasteiger partial charge in [-0.25, -0.2) is 8.42 Å². The van der Waals surface area contributed by atoms with E-state index in [4.69, 9.17) is 34.8 Å². The van der Waals surface area contributed by atoms with Gasteiger partial charge < -0.3 is 0 Å². The molecule has 3 aromatic rings. The summed E-state index contributed by atoms with van der Waals surface area (Å²) in [5.74, 6) is 0. The molecule has 0 saturated heterocycles. The fourth-order valence-corrected chi connectivity index (χ4v) is 5.07. The van der Waals surface area contributed by atoms with E-state index < -0.39 is 10.0 Å². The fourth-order valence-electron chi connectivity index (χ4n) is 3.04. The molecule has 0 spiro atoms. The van der Waals surface area contributed by atoms with Gasteiger partial charge in [0.2, 0.25) is 0 Å². The molecule has 154 valence electrons. The van der Waals surface area contributed by atoms with Gasteiger partial charge in [-0.2, -0.15) is 5.10 Å². The highest BCUT2D eigenvalue weighted by molar-refractivity contribution is 7.92. The lowest BCUT2D eigenvalue weighted by Gasteiger charge is -2.13. The Morgan fingerprint density at radius 2 is 1.62 bits per heavy atom. The molecule has 0 bridgehead atoms. The molecule has 0 aliphatic rings. The van der Waals surface area contributed by atoms with Gasteiger partial charge in [0, 0.05) is 5.02 Å². The third kappa shape index (κ3) is 4.56. The molecule has 3 rings (SSSR count). The third-order valence-corrected chi connectivity index (χ3v) is 7.32. The maximum Gasteiger partial charge on any atom is 0.262 e. The lowest BCUT2D eigenvalue weighted by Crippen LogP contribution is -2.16. The molecule has 0 amide bonds. The highest BCUT2D eigenvalue weighted by atomic mass is 35.5. The van der Waals surface area contributed by atoms with Crippen LogP contribution in [0.4, 0.5) is 5.69 Å². The van der Waals surface area contributed by atoms with Crippen LogP contribution in [0.25, 0.3) is 0 Å². The largest absolute Gasteiger partial charge is 0.276 e. The second-order valence-electron chi connectivity index (χ2n) is 6.92. The van der Waals surface area contributed by atoms with E-state index in [1.807, 2.05) is 13.0 Å². The molecule has 29 heavy (non-hydrogen) atoms. The molecule has 1 heterocycles. The Balaban J connectivity index is 1.94. The van der Waals surface area contributed by atoms with E-state index in [-0.39, 0.29) is 4.90 Å². The molecule has 0 aliphatic heterocycles. The first kappa shape index (κ1) is 22.0. The second kappa shape index (κ2) is 8.19. The number of nitrogens with zero attached hydrogens (tertiary/aromatic N) is 2. The summed E-state index contributed by atoms with van der Waals surface area (Å²) < 4.78 is 30.4. The van der Waals surface area contributed by atoms with Crippen molar-refractivity contribution in [2.24, 2.45) is 0 Å². The van der Waals surface area contributed by atoms with E-state index in [1.165, 1.54) is 0 Å². The van der Waals surface area contributed by atoms with Crippen LogP contribution in [0.5, 0.6) is 0 Å². The van der Waals surface area contributed by atoms with Crippen molar-refractivity contribution in [3.8, 4) is 0 Å². The molecular weight excluding hydrogens is 453 g/mol. The number of benzene rings is 2. The van der Waals surface area contributed by atoms with Crippen LogP contribution in [0, 0.1) is 27.7 Å². The predicted octanol–water partition coefficient (Wildman–Crippen LogP) is 5.93. The Morgan fingerprint density at radius 1 is 0.931 bits per heavy atom. The van der Waals surface area contributed by atoms with Crippen LogP contribution in [0.15, 0.2) is 35.2 Å². The molecule has 9 heteroatoms. The summed E-state index contributed by atoms with van der Waals surface area (Å²) in [6.07, 6.45) is 0. The number of halogens is 3. The lowest BCUT2D eigenvalue weighted by atomic mass is 10.2. The minimum Gasteiger partial charge on any atom is -0.276 e. The van der Waals surface area contributed by atoms with E-state index in [0.29, 0.717) is 49.8 Å². The highest BCUT2D eigenvalue weighted by Crippen LogP contribution is 2.29. The number of anilines is 1. The van der Waals surface area contributed by atoms with Gasteiger partial charge in [-0.05, 0) is 68.7 Å². The summed E-state index contributed by atoms with van der Waals surface area (Å²) in [5, 5.41) is 5.95. The molecule has 0 saturated carbocycles. The lowest BCUT2D eigenvalue weighted by molar-refractivity contribution is 0.600. The maximum absolute atomic E-state index is 13.0. The van der Waals surface area contributed by atoms with Gasteiger partial charge in [0.15, 0.2) is 0 Å². The average molecular weight is 473 g/mol. The van der Waals surface area contributed by atoms with E-state index in [2.05, 4.69) is 9.82 Å². The number of rotatable bonds is 5. The smallest absolute Gasteiger partial charge is 0.262 e. The first-order valence-electron chi connectivity index (χ1n) is 8.77. The molecule has 0 atom stereocenters. The van der Waals surface area contributed by atoms with E-state index in [9.17, 15) is 8.42 Å². The first-order valence-corrected chi connectivity index (χ1v) is 11.4. The van der Waals surface area contributed by atoms with Crippen molar-refractivity contribution < 1.29 is 8.42 Å². The molecule has 0 aliphatic carbocycles. The number of nitrogens with one attached hydrogen (secondary N) is 1. The standard InChI is InChI=1S/C20H20Cl3N3O2S/c1-11-8-19(12(2)7-17(11)22)29(27,28)25-20-13(3)24-26(14(20)4)10-15-5-6-16(21)18(23)9-15/h5-9,25H,10H2,1-4H3. The Bertz CT molecular complexity index is 1200. The normalized spacial score (nSPS) is 11.7. The van der Waals surface area contributed by atoms with Crippen LogP contribution in [0.2, 0.25) is 15.1 Å². The number of sulfonamides is 1. The molecule has 0 unspecified atom stereocenters. The van der Waals surface area contributed by atoms with Gasteiger partial charge in [0.1, 0.15) is 0 Å². The quantitative estimate of drug-likeness (QED) is 0.501. The van der Waals surface area contributed by atoms with Gasteiger partial charge in [-0.1, -0.05) is 40.9 Å². The number of hydrogen-bond donors (Lipinski definition) is 1. The minimum atomic E-state index is -3.80. The van der Waals surface area contributed by atoms with Crippen molar-refractivity contribution in [2.45, 2.75) is 39.1 Å². The van der Waals surface area contributed by atoms with Crippen LogP contribution in [-0.4, -0.2) is 18.2 Å². The summed E-state index contributed by atoms with van der Waals surface area (Å²) in [7, 11) is -3.80. The zero-order valence-electron chi connectivity index (χ0n) is 16.3. The van der Waals surface area contributed by atoms with Gasteiger partial charge in [-0.15, -0.1) is 0 Å². The van der Waals surface area contributed by atoms with E-state index in [1.54, 1.807) is 49.7 Å². The molecule has 1 aromatic heterocycles. The third-order valence-electron chi connectivity index (χ3n) is 4.68. The van der Waals surface area contributed by atoms with E-state index >= 15 is 0 Å². The Hall–Kier alpha value is -1.73. The fraction of sp³-hybridized carbons (Fsp3) is 0.250. The molecule has 5 nitrogen and oxygen atoms in total. The van der Waals surface area contributed by atoms with Gasteiger partial charge in [0.05, 0.1) is 38.6 Å². The van der Waals surface area contributed by atoms with Crippen molar-refractivity contribution in [3.63, 3.8) is 0 Å². The van der Waals surface area contributed by atoms with Crippen LogP contribution in [-0.2, 0) is 16.6 Å². The summed E-state index contributed by atoms with van der Waals surface area (Å²) in [6, 6.07) is 8.57. The predicted molar refractivity (Wildman–Crippen MR) is 119 cm³/mol. The van der Waals surface area contributed by atoms with Crippen molar-refractivity contribution in [1.82, 2.24) is 9.78 Å². The summed E-state index contributed by atoms with van der Waals surface area (Å²) in [4.78, 5) is 0.190. The summed E-state index contributed by atoms with van der Waals surface area (Å²) >= 11 is 18.2. The SMILES string of the molecule is Cc1cc(S(=O)(=O)Nc2c(C)nn(Cc3ccc(Cl)c(Cl)c3)c2C)c(C)cc1Cl. The van der Waals surface area contributed by atoms with Crippen LogP contribution in [0.1, 0.15) is 28.1 Å². The van der Waals surface area contributed by atoms with Crippen molar-refractivity contribution in [3.05, 3.63) is 73.5 Å². The average Bonchev–Trinajstić information content (AvgIpc) is 2.88. The van der Waals surface area contributed by atoms with Crippen molar-refractivity contribution in [2.75, 3.05) is 4.72 Å². The van der Waals surface area contributed by atoms with Crippen molar-refractivity contribution in [1.29, 1.82) is 0 Å². The van der Waals surface area contributed by atoms with Crippen molar-refractivity contribution >= 4 is 50.5 Å². The molecule has 2 aromatic carbocycles. The Kier molecular flexibility index (Phi) is 6.20. The Morgan fingerprint density at radius 3 is 2.28 bits per heavy atom. The highest BCUT2D eigenvalue weighted by Gasteiger charge is 2.22. The first-order chi connectivity index (χ1) is 13.5. The molecule has 0 fully saturated rings. The Labute approximate surface area is 185 Å². The zero-order valence-corrected chi connectivity index (χ0v) is 19.4. The molecule has 1 N–H and O–H groups in total. The van der Waals surface area contributed by atoms with Gasteiger partial charge >= 0.3 is 0 Å². The number of hydrogen-bond acceptors (Lipinski definition) is 3. The minimum absolute atomic E-state index is 0.190. The summed E-state index contributed by atoms with van der Waals surface area (Å²) in [5.41, 5.74) is 3.91. The summed E-state index contributed by atoms with van der Waals surface area (Å²) in [6.45, 7) is 7.50. The zero-order chi connectivity index (χ0) is 21.5. The topological polar surface area (TPSA) is 64.0 Å². The van der Waals surface area contributed by atoms with Crippen LogP contribution >= 0.6 is 34.8 Å². The van der Waals surface area contributed by atoms with Gasteiger partial charge in [0.25, 0.3) is 10.0 Å². The second-order valence-corrected chi connectivity index (χ2v) is 9.80. The van der Waals surface area contributed by atoms with E-state index in [0.717, 1.165) is 5.56 Å². The number of aromatic nitrogens is 2. The monoisotopic (exact) mass is 471 g/mol. The van der Waals surface area contributed by atoms with Crippen LogP contribution in [0.3, 0.4) is 0 Å². The molecule has 0 radical (unpaired) electrons.